The number of hydrogen-bond acceptors (Lipinski definition) is 16. The van der Waals surface area contributed by atoms with E-state index in [1.807, 2.05) is 79.1 Å². The van der Waals surface area contributed by atoms with Crippen LogP contribution in [0.1, 0.15) is 0 Å². The predicted octanol–water partition coefficient (Wildman–Crippen LogP) is 27.4. The molecular weight excluding hydrogens is 1620 g/mol. The van der Waals surface area contributed by atoms with Gasteiger partial charge in [0.05, 0.1) is 11.4 Å². The number of fused-ring (bicyclic) bond motifs is 4. The maximum atomic E-state index is 5.42. The molecule has 0 saturated heterocycles. The molecule has 0 unspecified atom stereocenters. The maximum absolute atomic E-state index is 5.42. The van der Waals surface area contributed by atoms with Gasteiger partial charge in [-0.1, -0.05) is 285 Å². The van der Waals surface area contributed by atoms with E-state index in [0.29, 0.717) is 81.3 Å². The quantitative estimate of drug-likeness (QED) is 0.0875. The van der Waals surface area contributed by atoms with Crippen LogP contribution >= 0.6 is 0 Å². The van der Waals surface area contributed by atoms with Gasteiger partial charge in [0.1, 0.15) is 11.4 Å². The van der Waals surface area contributed by atoms with Gasteiger partial charge in [-0.15, -0.1) is 0 Å². The summed E-state index contributed by atoms with van der Waals surface area (Å²) in [5.41, 5.74) is 15.6. The molecule has 0 aliphatic heterocycles. The highest BCUT2D eigenvalue weighted by atomic mass is 15.1. The van der Waals surface area contributed by atoms with Crippen molar-refractivity contribution in [3.63, 3.8) is 0 Å². The topological polar surface area (TPSA) is 206 Å². The van der Waals surface area contributed by atoms with E-state index in [1.54, 1.807) is 12.4 Å². The van der Waals surface area contributed by atoms with Crippen molar-refractivity contribution < 1.29 is 0 Å². The standard InChI is InChI=1S/C116H66N16/c1-4-17-78-62-82(36-25-67(78)14-1)107-121-105(76-32-28-70(29-33-76)97-22-7-10-59-117-97)123-111(125-107)93-54-43-72-40-51-90-94(55-44-73-39-50-89(93)101(72)102(73)90)112-124-106(122-108(126-112)83-37-26-68-15-2-5-18-79(68)63-83)77-34-30-71(31-35-77)98-58-48-86(66-120-98)87-21-13-20-81-65-85(47-49-88(81)87)110-128-114(132-116(130-110)100-24-9-12-61-119-100)96-57-46-75-41-52-91-95(56-45-74-42-53-92(96)104(75)103(74)91)113-127-109(129-115(131-113)99-23-8-11-60-118-99)84-38-27-69-16-3-6-19-80(69)64-84/h1-66H. The molecule has 26 aromatic rings. The number of rotatable bonds is 15. The average molecular weight is 1680 g/mol. The van der Waals surface area contributed by atoms with Crippen LogP contribution in [0.25, 0.3) is 278 Å². The zero-order valence-corrected chi connectivity index (χ0v) is 70.3. The number of aromatic nitrogens is 16. The molecule has 0 saturated carbocycles. The van der Waals surface area contributed by atoms with Crippen LogP contribution in [0.5, 0.6) is 0 Å². The van der Waals surface area contributed by atoms with Crippen molar-refractivity contribution in [3.05, 3.63) is 401 Å². The van der Waals surface area contributed by atoms with Crippen LogP contribution in [-0.4, -0.2) is 79.7 Å². The molecule has 0 bridgehead atoms. The minimum atomic E-state index is 0.458. The molecular formula is C116H66N16. The molecule has 132 heavy (non-hydrogen) atoms. The zero-order chi connectivity index (χ0) is 86.9. The molecule has 610 valence electrons. The summed E-state index contributed by atoms with van der Waals surface area (Å²) >= 11 is 0. The third kappa shape index (κ3) is 13.2. The highest BCUT2D eigenvalue weighted by Crippen LogP contribution is 2.47. The summed E-state index contributed by atoms with van der Waals surface area (Å²) < 4.78 is 0. The summed E-state index contributed by atoms with van der Waals surface area (Å²) in [5, 5.41) is 21.4. The third-order valence-electron chi connectivity index (χ3n) is 25.4. The van der Waals surface area contributed by atoms with Crippen molar-refractivity contribution >= 4 is 108 Å². The molecule has 8 aromatic heterocycles. The Labute approximate surface area is 754 Å². The zero-order valence-electron chi connectivity index (χ0n) is 70.3. The van der Waals surface area contributed by atoms with Gasteiger partial charge < -0.3 is 0 Å². The summed E-state index contributed by atoms with van der Waals surface area (Å²) in [5.74, 6) is 6.44. The summed E-state index contributed by atoms with van der Waals surface area (Å²) in [6, 6.07) is 130. The van der Waals surface area contributed by atoms with E-state index in [4.69, 9.17) is 74.8 Å². The molecule has 16 nitrogen and oxygen atoms in total. The lowest BCUT2D eigenvalue weighted by molar-refractivity contribution is 1.06. The van der Waals surface area contributed by atoms with Crippen LogP contribution in [0, 0.1) is 0 Å². The molecule has 8 heterocycles. The summed E-state index contributed by atoms with van der Waals surface area (Å²) in [6.07, 6.45) is 7.30. The molecule has 18 aromatic carbocycles. The first-order valence-corrected chi connectivity index (χ1v) is 43.7. The van der Waals surface area contributed by atoms with Gasteiger partial charge in [0.25, 0.3) is 0 Å². The van der Waals surface area contributed by atoms with E-state index < -0.39 is 0 Å². The Bertz CT molecular complexity index is 9140. The molecule has 26 rings (SSSR count). The molecule has 0 atom stereocenters. The molecule has 0 aliphatic carbocycles. The second-order valence-electron chi connectivity index (χ2n) is 33.2. The van der Waals surface area contributed by atoms with Gasteiger partial charge in [0, 0.05) is 97.1 Å². The van der Waals surface area contributed by atoms with Crippen LogP contribution in [0.4, 0.5) is 0 Å². The van der Waals surface area contributed by atoms with E-state index in [2.05, 4.69) is 314 Å². The molecule has 0 amide bonds. The smallest absolute Gasteiger partial charge is 0.182 e. The van der Waals surface area contributed by atoms with Crippen molar-refractivity contribution in [2.24, 2.45) is 0 Å². The van der Waals surface area contributed by atoms with Gasteiger partial charge in [0.2, 0.25) is 0 Å². The highest BCUT2D eigenvalue weighted by molar-refractivity contribution is 6.29. The van der Waals surface area contributed by atoms with Gasteiger partial charge in [-0.3, -0.25) is 19.9 Å². The first kappa shape index (κ1) is 75.1. The number of hydrogen-bond donors (Lipinski definition) is 0. The number of benzene rings is 18. The lowest BCUT2D eigenvalue weighted by Gasteiger charge is -2.17. The van der Waals surface area contributed by atoms with Crippen molar-refractivity contribution in [2.45, 2.75) is 0 Å². The van der Waals surface area contributed by atoms with Crippen molar-refractivity contribution in [1.29, 1.82) is 0 Å². The normalized spacial score (nSPS) is 11.8. The minimum absolute atomic E-state index is 0.458. The Hall–Kier alpha value is -18.3. The van der Waals surface area contributed by atoms with Gasteiger partial charge >= 0.3 is 0 Å². The molecule has 0 radical (unpaired) electrons. The Balaban J connectivity index is 0.524. The minimum Gasteiger partial charge on any atom is -0.256 e. The van der Waals surface area contributed by atoms with Crippen molar-refractivity contribution in [3.8, 4) is 171 Å². The SMILES string of the molecule is c1ccc(-c2ccc(-c3nc(-c4ccc5ccccc5c4)nc(-c4ccc5ccc6c(-c7nc(-c8ccc(-c9ccc(-c%10cccc%11cc(-c%12nc(-c%13ccccn%13)nc(-c%13ccc%14ccc%15c(-c%16nc(-c%17ccc%18ccccc%18c%17)nc(-c%17ccccn%17)n%16)ccc%16ccc%13c%14c%16%15)n%12)ccc%10%11)cn9)cc8)nc(-c8ccc9ccccc9c8)n7)ccc7ccc4c5c76)n3)cc2)nc1. The molecule has 0 fully saturated rings. The summed E-state index contributed by atoms with van der Waals surface area (Å²) in [6.45, 7) is 0. The molecule has 0 spiro atoms. The second-order valence-corrected chi connectivity index (χ2v) is 33.2. The number of pyridine rings is 4. The highest BCUT2D eigenvalue weighted by Gasteiger charge is 2.26. The number of nitrogens with zero attached hydrogens (tertiary/aromatic N) is 16. The van der Waals surface area contributed by atoms with Crippen LogP contribution < -0.4 is 0 Å². The lowest BCUT2D eigenvalue weighted by Crippen LogP contribution is -2.02. The lowest BCUT2D eigenvalue weighted by atomic mass is 9.89. The summed E-state index contributed by atoms with van der Waals surface area (Å²) in [7, 11) is 0. The summed E-state index contributed by atoms with van der Waals surface area (Å²) in [4.78, 5) is 82.6. The van der Waals surface area contributed by atoms with Gasteiger partial charge in [-0.05, 0) is 204 Å². The van der Waals surface area contributed by atoms with Gasteiger partial charge in [-0.25, -0.2) is 59.8 Å². The van der Waals surface area contributed by atoms with E-state index in [-0.39, 0.29) is 0 Å². The van der Waals surface area contributed by atoms with Gasteiger partial charge in [-0.2, -0.15) is 0 Å². The van der Waals surface area contributed by atoms with E-state index >= 15 is 0 Å². The molecule has 0 N–H and O–H groups in total. The first-order valence-electron chi connectivity index (χ1n) is 43.7. The van der Waals surface area contributed by atoms with Crippen LogP contribution in [-0.2, 0) is 0 Å². The fourth-order valence-corrected chi connectivity index (χ4v) is 18.9. The molecule has 16 heteroatoms. The Morgan fingerprint density at radius 1 is 0.129 bits per heavy atom. The van der Waals surface area contributed by atoms with E-state index in [1.165, 1.54) is 0 Å². The van der Waals surface area contributed by atoms with Crippen LogP contribution in [0.2, 0.25) is 0 Å². The van der Waals surface area contributed by atoms with Crippen LogP contribution in [0.3, 0.4) is 0 Å². The van der Waals surface area contributed by atoms with Crippen molar-refractivity contribution in [1.82, 2.24) is 79.7 Å². The predicted molar refractivity (Wildman–Crippen MR) is 530 cm³/mol. The second kappa shape index (κ2) is 30.8. The van der Waals surface area contributed by atoms with E-state index in [9.17, 15) is 0 Å². The fourth-order valence-electron chi connectivity index (χ4n) is 18.9. The molecule has 0 aliphatic rings. The van der Waals surface area contributed by atoms with E-state index in [0.717, 1.165) is 197 Å². The Morgan fingerprint density at radius 3 is 0.758 bits per heavy atom. The average Bonchev–Trinajstić information content (AvgIpc) is 0.724. The monoisotopic (exact) mass is 1680 g/mol. The third-order valence-corrected chi connectivity index (χ3v) is 25.4. The maximum Gasteiger partial charge on any atom is 0.182 e. The Kier molecular flexibility index (Phi) is 17.5. The largest absolute Gasteiger partial charge is 0.256 e. The van der Waals surface area contributed by atoms with Crippen molar-refractivity contribution in [2.75, 3.05) is 0 Å². The Morgan fingerprint density at radius 2 is 0.394 bits per heavy atom. The van der Waals surface area contributed by atoms with Gasteiger partial charge in [0.15, 0.2) is 69.9 Å². The fraction of sp³-hybridized carbons (Fsp3) is 0. The first-order chi connectivity index (χ1) is 65.3. The van der Waals surface area contributed by atoms with Crippen LogP contribution in [0.15, 0.2) is 401 Å².